The SMILES string of the molecule is CC(C)(c1ccccc1)c1cc(C2C=CC(C(F)(F)F)=CC2)c(O)c(C(C)(C)c2ccccc2)c1. The first kappa shape index (κ1) is 24.8. The zero-order valence-corrected chi connectivity index (χ0v) is 20.5. The number of phenols is 1. The molecule has 1 atom stereocenters. The van der Waals surface area contributed by atoms with Gasteiger partial charge in [0.1, 0.15) is 5.75 Å². The second kappa shape index (κ2) is 9.07. The predicted octanol–water partition coefficient (Wildman–Crippen LogP) is 8.58. The molecule has 35 heavy (non-hydrogen) atoms. The van der Waals surface area contributed by atoms with Crippen LogP contribution in [0.4, 0.5) is 13.2 Å². The van der Waals surface area contributed by atoms with Gasteiger partial charge in [-0.15, -0.1) is 0 Å². The van der Waals surface area contributed by atoms with Crippen molar-refractivity contribution in [2.24, 2.45) is 0 Å². The molecule has 0 fully saturated rings. The Morgan fingerprint density at radius 2 is 1.29 bits per heavy atom. The fraction of sp³-hybridized carbons (Fsp3) is 0.290. The summed E-state index contributed by atoms with van der Waals surface area (Å²) in [5.74, 6) is -0.206. The summed E-state index contributed by atoms with van der Waals surface area (Å²) in [6.07, 6.45) is -0.275. The largest absolute Gasteiger partial charge is 0.507 e. The Bertz CT molecular complexity index is 1250. The lowest BCUT2D eigenvalue weighted by molar-refractivity contribution is -0.0886. The second-order valence-corrected chi connectivity index (χ2v) is 10.3. The van der Waals surface area contributed by atoms with Gasteiger partial charge in [-0.3, -0.25) is 0 Å². The molecule has 0 saturated carbocycles. The standard InChI is InChI=1S/C31H31F3O/c1-29(2,22-11-7-5-8-12-22)25-19-26(21-15-17-24(18-16-21)31(32,33)34)28(35)27(20-25)30(3,4)23-13-9-6-10-14-23/h5-15,17-21,35H,16H2,1-4H3. The quantitative estimate of drug-likeness (QED) is 0.391. The van der Waals surface area contributed by atoms with E-state index in [0.717, 1.165) is 28.3 Å². The number of hydrogen-bond donors (Lipinski definition) is 1. The third kappa shape index (κ3) is 4.80. The lowest BCUT2D eigenvalue weighted by Gasteiger charge is -2.33. The minimum absolute atomic E-state index is 0.143. The van der Waals surface area contributed by atoms with E-state index >= 15 is 0 Å². The van der Waals surface area contributed by atoms with E-state index in [9.17, 15) is 18.3 Å². The summed E-state index contributed by atoms with van der Waals surface area (Å²) in [7, 11) is 0. The summed E-state index contributed by atoms with van der Waals surface area (Å²) in [5, 5.41) is 11.5. The first-order chi connectivity index (χ1) is 16.4. The van der Waals surface area contributed by atoms with Crippen molar-refractivity contribution in [2.75, 3.05) is 0 Å². The minimum atomic E-state index is -4.37. The maximum absolute atomic E-state index is 13.2. The number of phenolic OH excluding ortho intramolecular Hbond substituents is 1. The fourth-order valence-corrected chi connectivity index (χ4v) is 4.87. The Balaban J connectivity index is 1.89. The van der Waals surface area contributed by atoms with E-state index in [1.54, 1.807) is 6.08 Å². The van der Waals surface area contributed by atoms with Gasteiger partial charge in [-0.25, -0.2) is 0 Å². The van der Waals surface area contributed by atoms with Gasteiger partial charge in [0.25, 0.3) is 0 Å². The molecule has 1 unspecified atom stereocenters. The Morgan fingerprint density at radius 3 is 1.77 bits per heavy atom. The van der Waals surface area contributed by atoms with Crippen molar-refractivity contribution < 1.29 is 18.3 Å². The predicted molar refractivity (Wildman–Crippen MR) is 136 cm³/mol. The number of aromatic hydroxyl groups is 1. The van der Waals surface area contributed by atoms with Crippen LogP contribution in [0.1, 0.15) is 67.9 Å². The average molecular weight is 477 g/mol. The van der Waals surface area contributed by atoms with Crippen LogP contribution in [0.25, 0.3) is 0 Å². The lowest BCUT2D eigenvalue weighted by atomic mass is 9.71. The lowest BCUT2D eigenvalue weighted by Crippen LogP contribution is -2.24. The van der Waals surface area contributed by atoms with Crippen LogP contribution in [0.5, 0.6) is 5.75 Å². The number of allylic oxidation sites excluding steroid dienone is 4. The van der Waals surface area contributed by atoms with Crippen molar-refractivity contribution in [3.05, 3.63) is 124 Å². The van der Waals surface area contributed by atoms with Crippen LogP contribution >= 0.6 is 0 Å². The summed E-state index contributed by atoms with van der Waals surface area (Å²) in [6.45, 7) is 8.41. The zero-order valence-electron chi connectivity index (χ0n) is 20.5. The molecule has 0 aliphatic heterocycles. The van der Waals surface area contributed by atoms with Crippen LogP contribution < -0.4 is 0 Å². The molecule has 0 bridgehead atoms. The van der Waals surface area contributed by atoms with Crippen LogP contribution in [-0.4, -0.2) is 11.3 Å². The van der Waals surface area contributed by atoms with Gasteiger partial charge in [0.15, 0.2) is 0 Å². The number of halogens is 3. The molecular weight excluding hydrogens is 445 g/mol. The smallest absolute Gasteiger partial charge is 0.416 e. The summed E-state index contributed by atoms with van der Waals surface area (Å²) in [6, 6.07) is 24.1. The molecule has 0 spiro atoms. The van der Waals surface area contributed by atoms with Gasteiger partial charge in [0.2, 0.25) is 0 Å². The highest BCUT2D eigenvalue weighted by atomic mass is 19.4. The number of rotatable bonds is 5. The molecule has 0 radical (unpaired) electrons. The van der Waals surface area contributed by atoms with Crippen LogP contribution in [0.2, 0.25) is 0 Å². The van der Waals surface area contributed by atoms with Gasteiger partial charge in [0.05, 0.1) is 5.57 Å². The Labute approximate surface area is 205 Å². The van der Waals surface area contributed by atoms with E-state index in [-0.39, 0.29) is 23.5 Å². The van der Waals surface area contributed by atoms with Crippen molar-refractivity contribution in [1.82, 2.24) is 0 Å². The molecule has 0 amide bonds. The second-order valence-electron chi connectivity index (χ2n) is 10.3. The topological polar surface area (TPSA) is 20.2 Å². The number of alkyl halides is 3. The highest BCUT2D eigenvalue weighted by molar-refractivity contribution is 5.56. The molecule has 1 nitrogen and oxygen atoms in total. The van der Waals surface area contributed by atoms with Crippen molar-refractivity contribution in [3.8, 4) is 5.75 Å². The molecule has 1 N–H and O–H groups in total. The van der Waals surface area contributed by atoms with Crippen molar-refractivity contribution in [2.45, 2.75) is 57.0 Å². The van der Waals surface area contributed by atoms with E-state index in [1.807, 2.05) is 54.6 Å². The molecule has 4 heteroatoms. The van der Waals surface area contributed by atoms with Crippen LogP contribution in [-0.2, 0) is 10.8 Å². The molecule has 0 saturated heterocycles. The van der Waals surface area contributed by atoms with Crippen molar-refractivity contribution >= 4 is 0 Å². The Hall–Kier alpha value is -3.27. The Morgan fingerprint density at radius 1 is 0.743 bits per heavy atom. The summed E-state index contributed by atoms with van der Waals surface area (Å²) >= 11 is 0. The van der Waals surface area contributed by atoms with Gasteiger partial charge in [-0.05, 0) is 23.1 Å². The fourth-order valence-electron chi connectivity index (χ4n) is 4.87. The van der Waals surface area contributed by atoms with Gasteiger partial charge >= 0.3 is 6.18 Å². The summed E-state index contributed by atoms with van der Waals surface area (Å²) in [5.41, 5.74) is 3.06. The van der Waals surface area contributed by atoms with Crippen LogP contribution in [0, 0.1) is 0 Å². The first-order valence-corrected chi connectivity index (χ1v) is 11.9. The van der Waals surface area contributed by atoms with E-state index in [4.69, 9.17) is 0 Å². The monoisotopic (exact) mass is 476 g/mol. The number of benzene rings is 3. The molecule has 4 rings (SSSR count). The first-order valence-electron chi connectivity index (χ1n) is 11.9. The van der Waals surface area contributed by atoms with Crippen LogP contribution in [0.3, 0.4) is 0 Å². The van der Waals surface area contributed by atoms with Crippen LogP contribution in [0.15, 0.2) is 96.6 Å². The van der Waals surface area contributed by atoms with E-state index in [0.29, 0.717) is 5.56 Å². The molecule has 0 aromatic heterocycles. The van der Waals surface area contributed by atoms with Crippen molar-refractivity contribution in [1.29, 1.82) is 0 Å². The third-order valence-corrected chi connectivity index (χ3v) is 7.35. The Kier molecular flexibility index (Phi) is 6.44. The number of hydrogen-bond acceptors (Lipinski definition) is 1. The molecule has 0 heterocycles. The highest BCUT2D eigenvalue weighted by Gasteiger charge is 2.35. The molecule has 1 aliphatic rings. The zero-order chi connectivity index (χ0) is 25.4. The maximum atomic E-state index is 13.2. The minimum Gasteiger partial charge on any atom is -0.507 e. The molecular formula is C31H31F3O. The van der Waals surface area contributed by atoms with E-state index in [1.165, 1.54) is 6.08 Å². The summed E-state index contributed by atoms with van der Waals surface area (Å²) in [4.78, 5) is 0. The molecule has 1 aliphatic carbocycles. The normalized spacial score (nSPS) is 16.8. The van der Waals surface area contributed by atoms with Crippen molar-refractivity contribution in [3.63, 3.8) is 0 Å². The van der Waals surface area contributed by atoms with Gasteiger partial charge in [-0.1, -0.05) is 119 Å². The van der Waals surface area contributed by atoms with Gasteiger partial charge < -0.3 is 5.11 Å². The average Bonchev–Trinajstić information content (AvgIpc) is 2.84. The van der Waals surface area contributed by atoms with Gasteiger partial charge in [0, 0.05) is 27.9 Å². The molecule has 3 aromatic carbocycles. The van der Waals surface area contributed by atoms with Gasteiger partial charge in [-0.2, -0.15) is 13.2 Å². The molecule has 3 aromatic rings. The summed E-state index contributed by atoms with van der Waals surface area (Å²) < 4.78 is 39.6. The third-order valence-electron chi connectivity index (χ3n) is 7.35. The highest BCUT2D eigenvalue weighted by Crippen LogP contribution is 2.46. The van der Waals surface area contributed by atoms with E-state index in [2.05, 4.69) is 45.9 Å². The van der Waals surface area contributed by atoms with E-state index < -0.39 is 17.2 Å². The molecule has 182 valence electrons. The maximum Gasteiger partial charge on any atom is 0.416 e.